The van der Waals surface area contributed by atoms with E-state index in [1.54, 1.807) is 53.8 Å². The Morgan fingerprint density at radius 1 is 1.37 bits per heavy atom. The number of amides is 1. The summed E-state index contributed by atoms with van der Waals surface area (Å²) in [6, 6.07) is 9.93. The fourth-order valence-electron chi connectivity index (χ4n) is 2.28. The second-order valence-electron chi connectivity index (χ2n) is 5.74. The number of carbonyl (C=O) groups is 1. The van der Waals surface area contributed by atoms with Gasteiger partial charge in [0.15, 0.2) is 11.6 Å². The Balaban J connectivity index is 1.62. The van der Waals surface area contributed by atoms with E-state index < -0.39 is 5.82 Å². The lowest BCUT2D eigenvalue weighted by molar-refractivity contribution is -0.125. The fourth-order valence-corrected chi connectivity index (χ4v) is 3.78. The van der Waals surface area contributed by atoms with Crippen molar-refractivity contribution in [3.63, 3.8) is 0 Å². The molecular formula is C20H16BrFN2O2S. The summed E-state index contributed by atoms with van der Waals surface area (Å²) in [5.41, 5.74) is 0.576. The maximum absolute atomic E-state index is 14.2. The van der Waals surface area contributed by atoms with Gasteiger partial charge in [0.05, 0.1) is 12.7 Å². The molecule has 0 unspecified atom stereocenters. The lowest BCUT2D eigenvalue weighted by Gasteiger charge is -2.13. The largest absolute Gasteiger partial charge is 0.453 e. The SMILES string of the molecule is CN(Cc1cc(Br)cs1)C(=O)/C=C/c1ccc(Oc2cccnc2)c(F)c1. The third-order valence-electron chi connectivity index (χ3n) is 3.63. The van der Waals surface area contributed by atoms with Gasteiger partial charge in [-0.15, -0.1) is 11.3 Å². The minimum Gasteiger partial charge on any atom is -0.453 e. The third-order valence-corrected chi connectivity index (χ3v) is 5.31. The molecule has 7 heteroatoms. The van der Waals surface area contributed by atoms with E-state index in [2.05, 4.69) is 20.9 Å². The molecule has 0 bridgehead atoms. The molecule has 4 nitrogen and oxygen atoms in total. The summed E-state index contributed by atoms with van der Waals surface area (Å²) >= 11 is 4.98. The normalized spacial score (nSPS) is 10.9. The Morgan fingerprint density at radius 3 is 2.89 bits per heavy atom. The van der Waals surface area contributed by atoms with E-state index in [1.165, 1.54) is 24.4 Å². The Kier molecular flexibility index (Phi) is 6.36. The highest BCUT2D eigenvalue weighted by atomic mass is 79.9. The lowest BCUT2D eigenvalue weighted by atomic mass is 10.2. The Bertz CT molecular complexity index is 960. The van der Waals surface area contributed by atoms with Gasteiger partial charge in [0.1, 0.15) is 5.75 Å². The molecule has 0 aliphatic rings. The quantitative estimate of drug-likeness (QED) is 0.468. The van der Waals surface area contributed by atoms with Gasteiger partial charge in [-0.25, -0.2) is 4.39 Å². The monoisotopic (exact) mass is 446 g/mol. The number of carbonyl (C=O) groups excluding carboxylic acids is 1. The van der Waals surface area contributed by atoms with Crippen molar-refractivity contribution in [1.29, 1.82) is 0 Å². The maximum atomic E-state index is 14.2. The molecule has 0 saturated heterocycles. The van der Waals surface area contributed by atoms with E-state index in [4.69, 9.17) is 4.74 Å². The van der Waals surface area contributed by atoms with Gasteiger partial charge in [0, 0.05) is 34.1 Å². The van der Waals surface area contributed by atoms with Crippen LogP contribution >= 0.6 is 27.3 Å². The number of thiophene rings is 1. The van der Waals surface area contributed by atoms with Gasteiger partial charge in [-0.3, -0.25) is 9.78 Å². The molecule has 3 rings (SSSR count). The zero-order valence-electron chi connectivity index (χ0n) is 14.4. The van der Waals surface area contributed by atoms with E-state index in [0.717, 1.165) is 9.35 Å². The van der Waals surface area contributed by atoms with E-state index in [-0.39, 0.29) is 11.7 Å². The maximum Gasteiger partial charge on any atom is 0.246 e. The molecule has 27 heavy (non-hydrogen) atoms. The lowest BCUT2D eigenvalue weighted by Crippen LogP contribution is -2.23. The van der Waals surface area contributed by atoms with Crippen molar-refractivity contribution in [2.45, 2.75) is 6.54 Å². The standard InChI is InChI=1S/C20H16BrFN2O2S/c1-24(12-17-10-15(21)13-27-17)20(25)7-5-14-4-6-19(18(22)9-14)26-16-3-2-8-23-11-16/h2-11,13H,12H2,1H3/b7-5+. The smallest absolute Gasteiger partial charge is 0.246 e. The number of benzene rings is 1. The van der Waals surface area contributed by atoms with Gasteiger partial charge < -0.3 is 9.64 Å². The van der Waals surface area contributed by atoms with Crippen LogP contribution in [0.3, 0.4) is 0 Å². The number of hydrogen-bond acceptors (Lipinski definition) is 4. The number of nitrogens with zero attached hydrogens (tertiary/aromatic N) is 2. The molecule has 0 fully saturated rings. The molecule has 0 N–H and O–H groups in total. The summed E-state index contributed by atoms with van der Waals surface area (Å²) in [7, 11) is 1.73. The molecule has 0 radical (unpaired) electrons. The van der Waals surface area contributed by atoms with Gasteiger partial charge in [0.2, 0.25) is 5.91 Å². The summed E-state index contributed by atoms with van der Waals surface area (Å²) < 4.78 is 20.7. The van der Waals surface area contributed by atoms with E-state index >= 15 is 0 Å². The Hall–Kier alpha value is -2.51. The van der Waals surface area contributed by atoms with Crippen LogP contribution in [-0.2, 0) is 11.3 Å². The predicted octanol–water partition coefficient (Wildman–Crippen LogP) is 5.51. The average molecular weight is 447 g/mol. The number of rotatable bonds is 6. The summed E-state index contributed by atoms with van der Waals surface area (Å²) in [6.07, 6.45) is 6.13. The van der Waals surface area contributed by atoms with Crippen molar-refractivity contribution in [2.24, 2.45) is 0 Å². The molecule has 0 atom stereocenters. The van der Waals surface area contributed by atoms with Crippen molar-refractivity contribution in [3.8, 4) is 11.5 Å². The second kappa shape index (κ2) is 8.92. The van der Waals surface area contributed by atoms with Crippen LogP contribution in [0.25, 0.3) is 6.08 Å². The van der Waals surface area contributed by atoms with Gasteiger partial charge in [-0.1, -0.05) is 6.07 Å². The van der Waals surface area contributed by atoms with Crippen LogP contribution in [0.15, 0.2) is 64.7 Å². The zero-order valence-corrected chi connectivity index (χ0v) is 16.8. The van der Waals surface area contributed by atoms with Crippen molar-refractivity contribution >= 4 is 39.2 Å². The van der Waals surface area contributed by atoms with Crippen LogP contribution in [0, 0.1) is 5.82 Å². The number of likely N-dealkylation sites (N-methyl/N-ethyl adjacent to an activating group) is 1. The first-order chi connectivity index (χ1) is 13.0. The molecule has 2 aromatic heterocycles. The minimum atomic E-state index is -0.509. The molecule has 0 saturated carbocycles. The molecular weight excluding hydrogens is 431 g/mol. The van der Waals surface area contributed by atoms with Crippen molar-refractivity contribution in [2.75, 3.05) is 7.05 Å². The van der Waals surface area contributed by atoms with Gasteiger partial charge >= 0.3 is 0 Å². The van der Waals surface area contributed by atoms with Crippen LogP contribution in [0.5, 0.6) is 11.5 Å². The number of halogens is 2. The summed E-state index contributed by atoms with van der Waals surface area (Å²) in [6.45, 7) is 0.520. The van der Waals surface area contributed by atoms with E-state index in [9.17, 15) is 9.18 Å². The van der Waals surface area contributed by atoms with Gasteiger partial charge in [0.25, 0.3) is 0 Å². The molecule has 0 aliphatic carbocycles. The highest BCUT2D eigenvalue weighted by molar-refractivity contribution is 9.10. The first kappa shape index (κ1) is 19.3. The number of pyridine rings is 1. The first-order valence-corrected chi connectivity index (χ1v) is 9.72. The summed E-state index contributed by atoms with van der Waals surface area (Å²) in [5, 5.41) is 1.97. The van der Waals surface area contributed by atoms with Crippen LogP contribution in [0.2, 0.25) is 0 Å². The average Bonchev–Trinajstić information content (AvgIpc) is 3.07. The highest BCUT2D eigenvalue weighted by Crippen LogP contribution is 2.25. The fraction of sp³-hybridized carbons (Fsp3) is 0.100. The number of ether oxygens (including phenoxy) is 1. The molecule has 2 heterocycles. The molecule has 0 spiro atoms. The van der Waals surface area contributed by atoms with Crippen LogP contribution in [0.1, 0.15) is 10.4 Å². The number of aromatic nitrogens is 1. The first-order valence-electron chi connectivity index (χ1n) is 8.05. The molecule has 0 aliphatic heterocycles. The van der Waals surface area contributed by atoms with Crippen molar-refractivity contribution in [3.05, 3.63) is 81.0 Å². The molecule has 138 valence electrons. The van der Waals surface area contributed by atoms with Crippen LogP contribution < -0.4 is 4.74 Å². The Morgan fingerprint density at radius 2 is 2.22 bits per heavy atom. The molecule has 1 amide bonds. The van der Waals surface area contributed by atoms with Gasteiger partial charge in [-0.05, 0) is 57.9 Å². The minimum absolute atomic E-state index is 0.104. The summed E-state index contributed by atoms with van der Waals surface area (Å²) in [5.74, 6) is -0.107. The Labute approximate surface area is 169 Å². The van der Waals surface area contributed by atoms with Crippen molar-refractivity contribution in [1.82, 2.24) is 9.88 Å². The second-order valence-corrected chi connectivity index (χ2v) is 7.65. The van der Waals surface area contributed by atoms with Gasteiger partial charge in [-0.2, -0.15) is 0 Å². The van der Waals surface area contributed by atoms with E-state index in [0.29, 0.717) is 17.9 Å². The van der Waals surface area contributed by atoms with Crippen molar-refractivity contribution < 1.29 is 13.9 Å². The summed E-state index contributed by atoms with van der Waals surface area (Å²) in [4.78, 5) is 18.8. The van der Waals surface area contributed by atoms with Crippen LogP contribution in [0.4, 0.5) is 4.39 Å². The molecule has 3 aromatic rings. The number of hydrogen-bond donors (Lipinski definition) is 0. The van der Waals surface area contributed by atoms with E-state index in [1.807, 2.05) is 11.4 Å². The predicted molar refractivity (Wildman–Crippen MR) is 108 cm³/mol. The molecule has 1 aromatic carbocycles. The topological polar surface area (TPSA) is 42.4 Å². The zero-order chi connectivity index (χ0) is 19.2. The third kappa shape index (κ3) is 5.48. The highest BCUT2D eigenvalue weighted by Gasteiger charge is 2.09. The van der Waals surface area contributed by atoms with Crippen LogP contribution in [-0.4, -0.2) is 22.8 Å².